The SMILES string of the molecule is CC1CNC(C)(Cc2ccccc2Cl)OC1.Cl. The molecule has 2 atom stereocenters. The molecule has 1 aliphatic heterocycles. The Balaban J connectivity index is 0.00000144. The molecule has 1 aliphatic rings. The molecule has 96 valence electrons. The van der Waals surface area contributed by atoms with Crippen LogP contribution in [0.15, 0.2) is 24.3 Å². The van der Waals surface area contributed by atoms with Crippen molar-refractivity contribution >= 4 is 24.0 Å². The highest BCUT2D eigenvalue weighted by atomic mass is 35.5. The standard InChI is InChI=1S/C13H18ClNO.ClH/c1-10-8-15-13(2,16-9-10)7-11-5-3-4-6-12(11)14;/h3-6,10,15H,7-9H2,1-2H3;1H. The molecule has 0 aliphatic carbocycles. The van der Waals surface area contributed by atoms with E-state index in [2.05, 4.69) is 25.2 Å². The van der Waals surface area contributed by atoms with E-state index in [0.29, 0.717) is 5.92 Å². The summed E-state index contributed by atoms with van der Waals surface area (Å²) in [7, 11) is 0. The molecule has 1 aromatic rings. The zero-order chi connectivity index (χ0) is 11.6. The average Bonchev–Trinajstić information content (AvgIpc) is 2.27. The van der Waals surface area contributed by atoms with Gasteiger partial charge in [0.05, 0.1) is 6.61 Å². The predicted octanol–water partition coefficient (Wildman–Crippen LogP) is 3.28. The summed E-state index contributed by atoms with van der Waals surface area (Å²) in [6.45, 7) is 6.08. The van der Waals surface area contributed by atoms with Crippen LogP contribution in [0.1, 0.15) is 19.4 Å². The summed E-state index contributed by atoms with van der Waals surface area (Å²) >= 11 is 6.15. The van der Waals surface area contributed by atoms with Gasteiger partial charge in [0.2, 0.25) is 0 Å². The zero-order valence-electron chi connectivity index (χ0n) is 10.2. The van der Waals surface area contributed by atoms with Gasteiger partial charge < -0.3 is 4.74 Å². The Morgan fingerprint density at radius 1 is 1.47 bits per heavy atom. The van der Waals surface area contributed by atoms with E-state index < -0.39 is 0 Å². The van der Waals surface area contributed by atoms with Crippen molar-refractivity contribution in [3.05, 3.63) is 34.9 Å². The molecule has 2 rings (SSSR count). The molecule has 0 bridgehead atoms. The monoisotopic (exact) mass is 275 g/mol. The van der Waals surface area contributed by atoms with Gasteiger partial charge in [0.25, 0.3) is 0 Å². The van der Waals surface area contributed by atoms with Crippen LogP contribution in [0.3, 0.4) is 0 Å². The topological polar surface area (TPSA) is 21.3 Å². The van der Waals surface area contributed by atoms with E-state index in [1.807, 2.05) is 18.2 Å². The van der Waals surface area contributed by atoms with Crippen molar-refractivity contribution in [2.24, 2.45) is 5.92 Å². The first-order valence-electron chi connectivity index (χ1n) is 5.71. The second-order valence-corrected chi connectivity index (χ2v) is 5.20. The number of benzene rings is 1. The maximum absolute atomic E-state index is 6.15. The summed E-state index contributed by atoms with van der Waals surface area (Å²) in [6.07, 6.45) is 0.805. The van der Waals surface area contributed by atoms with Crippen molar-refractivity contribution in [3.63, 3.8) is 0 Å². The lowest BCUT2D eigenvalue weighted by Gasteiger charge is -2.38. The van der Waals surface area contributed by atoms with Crippen LogP contribution in [-0.4, -0.2) is 18.9 Å². The van der Waals surface area contributed by atoms with Gasteiger partial charge in [-0.05, 0) is 24.5 Å². The maximum atomic E-state index is 6.15. The molecule has 2 nitrogen and oxygen atoms in total. The quantitative estimate of drug-likeness (QED) is 0.895. The van der Waals surface area contributed by atoms with Crippen LogP contribution in [-0.2, 0) is 11.2 Å². The minimum atomic E-state index is -0.280. The van der Waals surface area contributed by atoms with Crippen LogP contribution in [0.2, 0.25) is 5.02 Å². The number of rotatable bonds is 2. The third-order valence-electron chi connectivity index (χ3n) is 3.00. The van der Waals surface area contributed by atoms with Gasteiger partial charge in [0.1, 0.15) is 5.72 Å². The number of halogens is 2. The number of hydrogen-bond donors (Lipinski definition) is 1. The first-order valence-corrected chi connectivity index (χ1v) is 6.09. The van der Waals surface area contributed by atoms with Crippen LogP contribution in [0.4, 0.5) is 0 Å². The van der Waals surface area contributed by atoms with Crippen LogP contribution in [0.5, 0.6) is 0 Å². The van der Waals surface area contributed by atoms with Gasteiger partial charge in [0, 0.05) is 18.0 Å². The minimum Gasteiger partial charge on any atom is -0.360 e. The lowest BCUT2D eigenvalue weighted by molar-refractivity contribution is -0.0997. The summed E-state index contributed by atoms with van der Waals surface area (Å²) in [6, 6.07) is 7.93. The van der Waals surface area contributed by atoms with Gasteiger partial charge in [-0.1, -0.05) is 36.7 Å². The van der Waals surface area contributed by atoms with Crippen LogP contribution in [0.25, 0.3) is 0 Å². The number of nitrogens with one attached hydrogen (secondary N) is 1. The number of ether oxygens (including phenoxy) is 1. The van der Waals surface area contributed by atoms with E-state index in [1.54, 1.807) is 0 Å². The second-order valence-electron chi connectivity index (χ2n) is 4.80. The van der Waals surface area contributed by atoms with Gasteiger partial charge in [-0.2, -0.15) is 0 Å². The Morgan fingerprint density at radius 2 is 2.18 bits per heavy atom. The van der Waals surface area contributed by atoms with Crippen LogP contribution < -0.4 is 5.32 Å². The first kappa shape index (κ1) is 14.8. The highest BCUT2D eigenvalue weighted by Crippen LogP contribution is 2.24. The third-order valence-corrected chi connectivity index (χ3v) is 3.37. The zero-order valence-corrected chi connectivity index (χ0v) is 11.8. The largest absolute Gasteiger partial charge is 0.360 e. The van der Waals surface area contributed by atoms with Gasteiger partial charge in [-0.3, -0.25) is 5.32 Å². The Bertz CT molecular complexity index is 362. The molecule has 1 heterocycles. The van der Waals surface area contributed by atoms with Gasteiger partial charge in [-0.15, -0.1) is 12.4 Å². The summed E-state index contributed by atoms with van der Waals surface area (Å²) in [5.41, 5.74) is 0.853. The number of hydrogen-bond acceptors (Lipinski definition) is 2. The minimum absolute atomic E-state index is 0. The van der Waals surface area contributed by atoms with Crippen LogP contribution >= 0.6 is 24.0 Å². The molecule has 0 spiro atoms. The summed E-state index contributed by atoms with van der Waals surface area (Å²) < 4.78 is 5.87. The summed E-state index contributed by atoms with van der Waals surface area (Å²) in [5.74, 6) is 0.583. The molecule has 1 saturated heterocycles. The predicted molar refractivity (Wildman–Crippen MR) is 73.9 cm³/mol. The molecule has 1 aromatic carbocycles. The normalized spacial score (nSPS) is 28.5. The highest BCUT2D eigenvalue weighted by Gasteiger charge is 2.30. The summed E-state index contributed by atoms with van der Waals surface area (Å²) in [5, 5.41) is 4.25. The summed E-state index contributed by atoms with van der Waals surface area (Å²) in [4.78, 5) is 0. The van der Waals surface area contributed by atoms with E-state index in [-0.39, 0.29) is 18.1 Å². The molecular weight excluding hydrogens is 257 g/mol. The van der Waals surface area contributed by atoms with Crippen molar-refractivity contribution in [2.45, 2.75) is 26.0 Å². The maximum Gasteiger partial charge on any atom is 0.120 e. The molecule has 4 heteroatoms. The van der Waals surface area contributed by atoms with Gasteiger partial charge >= 0.3 is 0 Å². The molecule has 0 amide bonds. The molecule has 0 radical (unpaired) electrons. The third kappa shape index (κ3) is 3.85. The Hall–Kier alpha value is -0.280. The molecule has 17 heavy (non-hydrogen) atoms. The lowest BCUT2D eigenvalue weighted by Crippen LogP contribution is -2.53. The van der Waals surface area contributed by atoms with Crippen molar-refractivity contribution in [3.8, 4) is 0 Å². The molecule has 2 unspecified atom stereocenters. The molecule has 0 aromatic heterocycles. The Labute approximate surface area is 114 Å². The van der Waals surface area contributed by atoms with Crippen molar-refractivity contribution in [1.82, 2.24) is 5.32 Å². The van der Waals surface area contributed by atoms with E-state index in [9.17, 15) is 0 Å². The van der Waals surface area contributed by atoms with E-state index >= 15 is 0 Å². The fourth-order valence-electron chi connectivity index (χ4n) is 1.94. The van der Waals surface area contributed by atoms with E-state index in [4.69, 9.17) is 16.3 Å². The van der Waals surface area contributed by atoms with Crippen molar-refractivity contribution in [2.75, 3.05) is 13.2 Å². The molecule has 1 N–H and O–H groups in total. The van der Waals surface area contributed by atoms with Crippen LogP contribution in [0, 0.1) is 5.92 Å². The highest BCUT2D eigenvalue weighted by molar-refractivity contribution is 6.31. The van der Waals surface area contributed by atoms with Crippen molar-refractivity contribution in [1.29, 1.82) is 0 Å². The van der Waals surface area contributed by atoms with E-state index in [1.165, 1.54) is 0 Å². The Kier molecular flexibility index (Phi) is 5.26. The average molecular weight is 276 g/mol. The fourth-order valence-corrected chi connectivity index (χ4v) is 2.15. The molecule has 1 fully saturated rings. The second kappa shape index (κ2) is 6.05. The van der Waals surface area contributed by atoms with E-state index in [0.717, 1.165) is 30.2 Å². The van der Waals surface area contributed by atoms with Gasteiger partial charge in [0.15, 0.2) is 0 Å². The smallest absolute Gasteiger partial charge is 0.120 e. The van der Waals surface area contributed by atoms with Crippen molar-refractivity contribution < 1.29 is 4.74 Å². The molecular formula is C13H19Cl2NO. The Morgan fingerprint density at radius 3 is 2.76 bits per heavy atom. The fraction of sp³-hybridized carbons (Fsp3) is 0.538. The van der Waals surface area contributed by atoms with Gasteiger partial charge in [-0.25, -0.2) is 0 Å². The lowest BCUT2D eigenvalue weighted by atomic mass is 10.0. The first-order chi connectivity index (χ1) is 7.59. The molecule has 0 saturated carbocycles.